The molecule has 1 rings (SSSR count). The van der Waals surface area contributed by atoms with Crippen LogP contribution in [0.25, 0.3) is 0 Å². The van der Waals surface area contributed by atoms with Crippen LogP contribution in [0.15, 0.2) is 15.4 Å². The Kier molecular flexibility index (Phi) is 10.3. The SMILES string of the molecule is CN=C(N)SCc1csc(N=C(N)N)n1.Cl.Cl. The summed E-state index contributed by atoms with van der Waals surface area (Å²) in [6, 6.07) is 0. The molecule has 0 aliphatic heterocycles. The molecule has 0 atom stereocenters. The Balaban J connectivity index is 0. The number of guanidine groups is 1. The van der Waals surface area contributed by atoms with E-state index in [9.17, 15) is 0 Å². The van der Waals surface area contributed by atoms with E-state index < -0.39 is 0 Å². The molecule has 0 aliphatic carbocycles. The third-order valence-electron chi connectivity index (χ3n) is 1.35. The van der Waals surface area contributed by atoms with Gasteiger partial charge < -0.3 is 17.2 Å². The molecule has 0 unspecified atom stereocenters. The Morgan fingerprint density at radius 3 is 2.59 bits per heavy atom. The van der Waals surface area contributed by atoms with Crippen LogP contribution in [0.5, 0.6) is 0 Å². The summed E-state index contributed by atoms with van der Waals surface area (Å²) in [5.41, 5.74) is 16.9. The third kappa shape index (κ3) is 7.27. The van der Waals surface area contributed by atoms with Gasteiger partial charge in [0, 0.05) is 18.2 Å². The van der Waals surface area contributed by atoms with Gasteiger partial charge in [0.15, 0.2) is 11.1 Å². The van der Waals surface area contributed by atoms with Crippen LogP contribution in [0.4, 0.5) is 5.13 Å². The quantitative estimate of drug-likeness (QED) is 0.569. The molecule has 6 N–H and O–H groups in total. The van der Waals surface area contributed by atoms with Gasteiger partial charge in [0.25, 0.3) is 0 Å². The Hall–Kier alpha value is -0.700. The Labute approximate surface area is 120 Å². The molecule has 0 radical (unpaired) electrons. The standard InChI is InChI=1S/C7H12N6S2.2ClH/c1-11-6(10)14-2-4-3-15-7(12-4)13-5(8)9;;/h3H,2H2,1H3,(H2,10,11)(H4,8,9,12,13);2*1H. The van der Waals surface area contributed by atoms with Crippen molar-refractivity contribution in [3.63, 3.8) is 0 Å². The number of hydrogen-bond donors (Lipinski definition) is 3. The molecule has 0 fully saturated rings. The van der Waals surface area contributed by atoms with Crippen LogP contribution >= 0.6 is 47.9 Å². The predicted molar refractivity (Wildman–Crippen MR) is 80.9 cm³/mol. The van der Waals surface area contributed by atoms with Crippen LogP contribution in [0.2, 0.25) is 0 Å². The molecule has 6 nitrogen and oxygen atoms in total. The van der Waals surface area contributed by atoms with Gasteiger partial charge in [-0.1, -0.05) is 11.8 Å². The van der Waals surface area contributed by atoms with Crippen molar-refractivity contribution in [3.8, 4) is 0 Å². The maximum absolute atomic E-state index is 5.53. The number of amidine groups is 1. The fourth-order valence-electron chi connectivity index (χ4n) is 0.737. The van der Waals surface area contributed by atoms with Gasteiger partial charge in [-0.3, -0.25) is 4.99 Å². The van der Waals surface area contributed by atoms with Gasteiger partial charge >= 0.3 is 0 Å². The Bertz CT molecular complexity index is 387. The number of nitrogens with zero attached hydrogens (tertiary/aromatic N) is 3. The monoisotopic (exact) mass is 316 g/mol. The summed E-state index contributed by atoms with van der Waals surface area (Å²) in [5, 5.41) is 2.97. The summed E-state index contributed by atoms with van der Waals surface area (Å²) in [6.07, 6.45) is 0. The highest BCUT2D eigenvalue weighted by Gasteiger charge is 2.02. The van der Waals surface area contributed by atoms with Crippen LogP contribution in [-0.2, 0) is 5.75 Å². The average molecular weight is 317 g/mol. The van der Waals surface area contributed by atoms with E-state index in [0.717, 1.165) is 5.69 Å². The van der Waals surface area contributed by atoms with Crippen molar-refractivity contribution in [2.75, 3.05) is 7.05 Å². The topological polar surface area (TPSA) is 116 Å². The molecule has 0 aliphatic rings. The second-order valence-electron chi connectivity index (χ2n) is 2.51. The van der Waals surface area contributed by atoms with Gasteiger partial charge in [-0.15, -0.1) is 36.2 Å². The lowest BCUT2D eigenvalue weighted by Crippen LogP contribution is -2.21. The molecule has 0 saturated heterocycles. The number of hydrogen-bond acceptors (Lipinski definition) is 5. The van der Waals surface area contributed by atoms with Gasteiger partial charge in [-0.2, -0.15) is 4.99 Å². The lowest BCUT2D eigenvalue weighted by molar-refractivity contribution is 1.21. The van der Waals surface area contributed by atoms with Crippen LogP contribution in [0, 0.1) is 0 Å². The number of halogens is 2. The fourth-order valence-corrected chi connectivity index (χ4v) is 2.12. The molecule has 10 heteroatoms. The second-order valence-corrected chi connectivity index (χ2v) is 4.34. The number of thiazole rings is 1. The van der Waals surface area contributed by atoms with Crippen LogP contribution in [0.3, 0.4) is 0 Å². The first-order chi connectivity index (χ1) is 7.11. The molecule has 0 saturated carbocycles. The van der Waals surface area contributed by atoms with Gasteiger partial charge in [-0.25, -0.2) is 4.98 Å². The number of thioether (sulfide) groups is 1. The third-order valence-corrected chi connectivity index (χ3v) is 3.05. The molecule has 1 aromatic rings. The van der Waals surface area contributed by atoms with Gasteiger partial charge in [-0.05, 0) is 0 Å². The summed E-state index contributed by atoms with van der Waals surface area (Å²) in [6.45, 7) is 0. The lowest BCUT2D eigenvalue weighted by atomic mass is 10.6. The zero-order valence-electron chi connectivity index (χ0n) is 8.99. The highest BCUT2D eigenvalue weighted by atomic mass is 35.5. The lowest BCUT2D eigenvalue weighted by Gasteiger charge is -1.95. The Morgan fingerprint density at radius 1 is 1.41 bits per heavy atom. The number of nitrogens with two attached hydrogens (primary N) is 3. The maximum Gasteiger partial charge on any atom is 0.212 e. The van der Waals surface area contributed by atoms with Crippen molar-refractivity contribution in [2.24, 2.45) is 27.2 Å². The molecule has 17 heavy (non-hydrogen) atoms. The van der Waals surface area contributed by atoms with Gasteiger partial charge in [0.1, 0.15) is 0 Å². The minimum absolute atomic E-state index is 0. The molecule has 98 valence electrons. The summed E-state index contributed by atoms with van der Waals surface area (Å²) in [5.74, 6) is 0.679. The number of aromatic nitrogens is 1. The molecule has 0 bridgehead atoms. The van der Waals surface area contributed by atoms with E-state index in [1.165, 1.54) is 23.1 Å². The van der Waals surface area contributed by atoms with Gasteiger partial charge in [0.05, 0.1) is 5.69 Å². The number of rotatable bonds is 3. The average Bonchev–Trinajstić information content (AvgIpc) is 2.61. The van der Waals surface area contributed by atoms with Crippen LogP contribution in [-0.4, -0.2) is 23.2 Å². The Morgan fingerprint density at radius 2 is 2.06 bits per heavy atom. The van der Waals surface area contributed by atoms with E-state index in [1.807, 2.05) is 5.38 Å². The van der Waals surface area contributed by atoms with E-state index in [-0.39, 0.29) is 30.8 Å². The van der Waals surface area contributed by atoms with Crippen LogP contribution < -0.4 is 17.2 Å². The molecule has 0 aromatic carbocycles. The molecule has 0 spiro atoms. The number of aliphatic imine (C=N–C) groups is 2. The van der Waals surface area contributed by atoms with E-state index in [4.69, 9.17) is 17.2 Å². The highest BCUT2D eigenvalue weighted by molar-refractivity contribution is 8.13. The zero-order valence-corrected chi connectivity index (χ0v) is 12.3. The van der Waals surface area contributed by atoms with Gasteiger partial charge in [0.2, 0.25) is 5.13 Å². The first-order valence-corrected chi connectivity index (χ1v) is 5.87. The van der Waals surface area contributed by atoms with E-state index >= 15 is 0 Å². The highest BCUT2D eigenvalue weighted by Crippen LogP contribution is 2.21. The minimum atomic E-state index is 0. The van der Waals surface area contributed by atoms with Crippen molar-refractivity contribution in [1.29, 1.82) is 0 Å². The maximum atomic E-state index is 5.53. The smallest absolute Gasteiger partial charge is 0.212 e. The minimum Gasteiger partial charge on any atom is -0.379 e. The second kappa shape index (κ2) is 9.34. The van der Waals surface area contributed by atoms with Crippen molar-refractivity contribution < 1.29 is 0 Å². The first-order valence-electron chi connectivity index (χ1n) is 4.01. The molecule has 0 amide bonds. The molecular formula is C7H14Cl2N6S2. The van der Waals surface area contributed by atoms with E-state index in [0.29, 0.717) is 16.1 Å². The van der Waals surface area contributed by atoms with E-state index in [1.54, 1.807) is 7.05 Å². The zero-order chi connectivity index (χ0) is 11.3. The van der Waals surface area contributed by atoms with Crippen LogP contribution in [0.1, 0.15) is 5.69 Å². The summed E-state index contributed by atoms with van der Waals surface area (Å²) < 4.78 is 0. The normalized spacial score (nSPS) is 10.1. The first kappa shape index (κ1) is 18.7. The fraction of sp³-hybridized carbons (Fsp3) is 0.286. The summed E-state index contributed by atoms with van der Waals surface area (Å²) >= 11 is 2.81. The predicted octanol–water partition coefficient (Wildman–Crippen LogP) is 1.07. The van der Waals surface area contributed by atoms with Crippen molar-refractivity contribution in [3.05, 3.63) is 11.1 Å². The molecular weight excluding hydrogens is 303 g/mol. The molecule has 1 aromatic heterocycles. The van der Waals surface area contributed by atoms with Crippen molar-refractivity contribution in [2.45, 2.75) is 5.75 Å². The van der Waals surface area contributed by atoms with E-state index in [2.05, 4.69) is 15.0 Å². The largest absolute Gasteiger partial charge is 0.379 e. The molecule has 1 heterocycles. The van der Waals surface area contributed by atoms with Crippen molar-refractivity contribution >= 4 is 64.2 Å². The summed E-state index contributed by atoms with van der Waals surface area (Å²) in [7, 11) is 1.65. The van der Waals surface area contributed by atoms with Crippen molar-refractivity contribution in [1.82, 2.24) is 4.98 Å². The summed E-state index contributed by atoms with van der Waals surface area (Å²) in [4.78, 5) is 11.9.